The molecule has 0 fully saturated rings. The van der Waals surface area contributed by atoms with Crippen LogP contribution in [0.15, 0.2) is 42.9 Å². The Labute approximate surface area is 270 Å². The lowest BCUT2D eigenvalue weighted by Gasteiger charge is -2.29. The van der Waals surface area contributed by atoms with E-state index in [0.717, 1.165) is 5.56 Å². The Kier molecular flexibility index (Phi) is 14.6. The molecule has 5 amide bonds. The van der Waals surface area contributed by atoms with Crippen molar-refractivity contribution < 1.29 is 43.8 Å². The number of aliphatic hydroxyl groups excluding tert-OH is 1. The number of aliphatic hydroxyl groups is 1. The Morgan fingerprint density at radius 1 is 1.00 bits per heavy atom. The van der Waals surface area contributed by atoms with Crippen molar-refractivity contribution >= 4 is 41.8 Å². The molecule has 1 aromatic heterocycles. The van der Waals surface area contributed by atoms with E-state index in [2.05, 4.69) is 36.6 Å². The number of rotatable bonds is 19. The maximum absolute atomic E-state index is 13.1. The summed E-state index contributed by atoms with van der Waals surface area (Å²) in [6, 6.07) is 3.97. The molecule has 2 rings (SSSR count). The van der Waals surface area contributed by atoms with Gasteiger partial charge in [-0.1, -0.05) is 30.3 Å². The molecule has 0 unspecified atom stereocenters. The first-order chi connectivity index (χ1) is 22.1. The number of aromatic nitrogens is 2. The van der Waals surface area contributed by atoms with E-state index < -0.39 is 84.3 Å². The quantitative estimate of drug-likeness (QED) is 0.0708. The number of carboxylic acid groups (broad SMARTS) is 1. The highest BCUT2D eigenvalue weighted by Crippen LogP contribution is 2.08. The van der Waals surface area contributed by atoms with Gasteiger partial charge in [-0.3, -0.25) is 28.8 Å². The molecular formula is C30H42N8O9. The molecule has 0 aliphatic heterocycles. The van der Waals surface area contributed by atoms with Crippen LogP contribution in [-0.2, 0) is 46.4 Å². The number of amides is 5. The first kappa shape index (κ1) is 38.0. The van der Waals surface area contributed by atoms with E-state index >= 15 is 0 Å². The minimum atomic E-state index is -1.58. The van der Waals surface area contributed by atoms with Gasteiger partial charge in [0.25, 0.3) is 0 Å². The van der Waals surface area contributed by atoms with Crippen molar-refractivity contribution in [1.29, 1.82) is 0 Å². The molecule has 47 heavy (non-hydrogen) atoms. The first-order valence-corrected chi connectivity index (χ1v) is 14.7. The number of nitrogens with zero attached hydrogens (tertiary/aromatic N) is 1. The molecule has 256 valence electrons. The molecule has 1 aromatic carbocycles. The maximum Gasteiger partial charge on any atom is 0.303 e. The summed E-state index contributed by atoms with van der Waals surface area (Å²) in [6.45, 7) is 3.26. The average molecular weight is 659 g/mol. The summed E-state index contributed by atoms with van der Waals surface area (Å²) in [4.78, 5) is 93.6. The molecule has 0 bridgehead atoms. The van der Waals surface area contributed by atoms with Crippen LogP contribution in [0.2, 0.25) is 0 Å². The SMILES string of the molecule is C[C@@H](O)[C@H](NC(=O)CNC(=O)[C@H](CCC(=O)O)NC(=O)C(C)(C)NC(=O)[C@@H](N)Cc1cnc[nH]1)C(=O)N[C@H](C=O)Cc1ccccc1. The fourth-order valence-corrected chi connectivity index (χ4v) is 4.25. The Hall–Kier alpha value is -5.16. The molecule has 0 radical (unpaired) electrons. The number of hydrogen-bond acceptors (Lipinski definition) is 10. The molecule has 2 aromatic rings. The molecular weight excluding hydrogens is 616 g/mol. The smallest absolute Gasteiger partial charge is 0.303 e. The zero-order chi connectivity index (χ0) is 35.1. The van der Waals surface area contributed by atoms with Gasteiger partial charge >= 0.3 is 5.97 Å². The lowest BCUT2D eigenvalue weighted by molar-refractivity contribution is -0.138. The fourth-order valence-electron chi connectivity index (χ4n) is 4.25. The second kappa shape index (κ2) is 18.1. The number of H-pyrrole nitrogens is 1. The van der Waals surface area contributed by atoms with Crippen LogP contribution in [0.1, 0.15) is 44.9 Å². The maximum atomic E-state index is 13.1. The fraction of sp³-hybridized carbons (Fsp3) is 0.467. The Morgan fingerprint density at radius 2 is 1.68 bits per heavy atom. The van der Waals surface area contributed by atoms with E-state index in [-0.39, 0.29) is 19.3 Å². The summed E-state index contributed by atoms with van der Waals surface area (Å²) >= 11 is 0. The minimum Gasteiger partial charge on any atom is -0.481 e. The zero-order valence-electron chi connectivity index (χ0n) is 26.3. The van der Waals surface area contributed by atoms with E-state index in [1.165, 1.54) is 33.3 Å². The van der Waals surface area contributed by atoms with Gasteiger partial charge in [-0.25, -0.2) is 4.98 Å². The van der Waals surface area contributed by atoms with E-state index in [1.54, 1.807) is 30.3 Å². The summed E-state index contributed by atoms with van der Waals surface area (Å²) in [5, 5.41) is 31.2. The number of aldehydes is 1. The van der Waals surface area contributed by atoms with Gasteiger partial charge in [0.05, 0.1) is 31.1 Å². The monoisotopic (exact) mass is 658 g/mol. The molecule has 0 spiro atoms. The molecule has 10 N–H and O–H groups in total. The summed E-state index contributed by atoms with van der Waals surface area (Å²) < 4.78 is 0. The van der Waals surface area contributed by atoms with Crippen LogP contribution in [-0.4, -0.2) is 104 Å². The van der Waals surface area contributed by atoms with Crippen molar-refractivity contribution in [1.82, 2.24) is 36.6 Å². The van der Waals surface area contributed by atoms with Gasteiger partial charge in [-0.2, -0.15) is 0 Å². The van der Waals surface area contributed by atoms with Crippen molar-refractivity contribution in [3.8, 4) is 0 Å². The third kappa shape index (κ3) is 13.0. The highest BCUT2D eigenvalue weighted by Gasteiger charge is 2.35. The van der Waals surface area contributed by atoms with Gasteiger partial charge in [0, 0.05) is 24.7 Å². The number of nitrogens with two attached hydrogens (primary N) is 1. The third-order valence-corrected chi connectivity index (χ3v) is 6.90. The topological polar surface area (TPSA) is 275 Å². The van der Waals surface area contributed by atoms with Crippen molar-refractivity contribution in [2.24, 2.45) is 5.73 Å². The number of carboxylic acids is 1. The Balaban J connectivity index is 1.99. The highest BCUT2D eigenvalue weighted by molar-refractivity contribution is 5.96. The van der Waals surface area contributed by atoms with Crippen LogP contribution < -0.4 is 32.3 Å². The van der Waals surface area contributed by atoms with Gasteiger partial charge in [-0.05, 0) is 39.2 Å². The van der Waals surface area contributed by atoms with Crippen molar-refractivity contribution in [3.05, 3.63) is 54.1 Å². The zero-order valence-corrected chi connectivity index (χ0v) is 26.3. The van der Waals surface area contributed by atoms with Crippen molar-refractivity contribution in [3.63, 3.8) is 0 Å². The molecule has 1 heterocycles. The van der Waals surface area contributed by atoms with Gasteiger partial charge in [0.1, 0.15) is 23.9 Å². The summed E-state index contributed by atoms with van der Waals surface area (Å²) in [5.74, 6) is -5.41. The van der Waals surface area contributed by atoms with Gasteiger partial charge in [0.15, 0.2) is 0 Å². The number of aromatic amines is 1. The lowest BCUT2D eigenvalue weighted by atomic mass is 10.0. The number of imidazole rings is 1. The Morgan fingerprint density at radius 3 is 2.26 bits per heavy atom. The molecule has 0 aliphatic carbocycles. The van der Waals surface area contributed by atoms with E-state index in [1.807, 2.05) is 0 Å². The molecule has 5 atom stereocenters. The minimum absolute atomic E-state index is 0.109. The third-order valence-electron chi connectivity index (χ3n) is 6.90. The number of carbonyl (C=O) groups excluding carboxylic acids is 6. The van der Waals surface area contributed by atoms with Gasteiger partial charge in [0.2, 0.25) is 29.5 Å². The van der Waals surface area contributed by atoms with Crippen molar-refractivity contribution in [2.45, 2.75) is 82.3 Å². The number of benzene rings is 1. The molecule has 0 saturated heterocycles. The van der Waals surface area contributed by atoms with Gasteiger partial charge < -0.3 is 52.3 Å². The van der Waals surface area contributed by atoms with Crippen LogP contribution in [0.4, 0.5) is 0 Å². The summed E-state index contributed by atoms with van der Waals surface area (Å²) in [7, 11) is 0. The number of nitrogens with one attached hydrogen (secondary N) is 6. The van der Waals surface area contributed by atoms with Crippen LogP contribution >= 0.6 is 0 Å². The number of carbonyl (C=O) groups is 7. The molecule has 0 aliphatic rings. The second-order valence-electron chi connectivity index (χ2n) is 11.4. The lowest BCUT2D eigenvalue weighted by Crippen LogP contribution is -2.61. The molecule has 0 saturated carbocycles. The normalized spacial score (nSPS) is 14.3. The molecule has 17 nitrogen and oxygen atoms in total. The largest absolute Gasteiger partial charge is 0.481 e. The standard InChI is InChI=1S/C30H42N8O9/c1-17(40)25(28(46)35-20(15-39)11-18-7-5-4-6-8-18)37-23(41)14-33-27(45)22(9-10-24(42)43)36-29(47)30(2,3)38-26(44)21(31)12-19-13-32-16-34-19/h4-8,13,15-17,20-22,25,40H,9-12,14,31H2,1-3H3,(H,32,34)(H,33,45)(H,35,46)(H,36,47)(H,37,41)(H,38,44)(H,42,43)/t17-,20+,21+,22+,25+/m1/s1. The van der Waals surface area contributed by atoms with Crippen LogP contribution in [0.5, 0.6) is 0 Å². The Bertz CT molecular complexity index is 1380. The second-order valence-corrected chi connectivity index (χ2v) is 11.4. The van der Waals surface area contributed by atoms with E-state index in [0.29, 0.717) is 12.0 Å². The van der Waals surface area contributed by atoms with Crippen LogP contribution in [0, 0.1) is 0 Å². The van der Waals surface area contributed by atoms with Crippen LogP contribution in [0.25, 0.3) is 0 Å². The predicted octanol–water partition coefficient (Wildman–Crippen LogP) is -2.57. The van der Waals surface area contributed by atoms with E-state index in [4.69, 9.17) is 10.8 Å². The number of hydrogen-bond donors (Lipinski definition) is 9. The summed E-state index contributed by atoms with van der Waals surface area (Å²) in [5.41, 5.74) is 5.72. The highest BCUT2D eigenvalue weighted by atomic mass is 16.4. The van der Waals surface area contributed by atoms with E-state index in [9.17, 15) is 38.7 Å². The summed E-state index contributed by atoms with van der Waals surface area (Å²) in [6.07, 6.45) is 1.47. The van der Waals surface area contributed by atoms with Gasteiger partial charge in [-0.15, -0.1) is 0 Å². The predicted molar refractivity (Wildman–Crippen MR) is 166 cm³/mol. The van der Waals surface area contributed by atoms with Crippen LogP contribution in [0.3, 0.4) is 0 Å². The average Bonchev–Trinajstić information content (AvgIpc) is 3.53. The first-order valence-electron chi connectivity index (χ1n) is 14.7. The molecule has 17 heteroatoms. The number of aliphatic carboxylic acids is 1. The van der Waals surface area contributed by atoms with Crippen molar-refractivity contribution in [2.75, 3.05) is 6.54 Å².